The van der Waals surface area contributed by atoms with E-state index in [4.69, 9.17) is 5.73 Å². The lowest BCUT2D eigenvalue weighted by atomic mass is 9.97. The van der Waals surface area contributed by atoms with E-state index in [1.54, 1.807) is 18.3 Å². The molecule has 0 aliphatic heterocycles. The largest absolute Gasteiger partial charge is 0.388 e. The summed E-state index contributed by atoms with van der Waals surface area (Å²) in [5.41, 5.74) is 5.82. The Hall–Kier alpha value is -1.46. The summed E-state index contributed by atoms with van der Waals surface area (Å²) in [5.74, 6) is -0.215. The molecule has 5 nitrogen and oxygen atoms in total. The summed E-state index contributed by atoms with van der Waals surface area (Å²) >= 11 is 0. The zero-order chi connectivity index (χ0) is 13.6. The highest BCUT2D eigenvalue weighted by molar-refractivity contribution is 5.94. The monoisotopic (exact) mass is 251 g/mol. The summed E-state index contributed by atoms with van der Waals surface area (Å²) in [6.45, 7) is 4.34. The first kappa shape index (κ1) is 14.6. The van der Waals surface area contributed by atoms with Crippen LogP contribution in [-0.2, 0) is 6.54 Å². The van der Waals surface area contributed by atoms with Gasteiger partial charge in [-0.15, -0.1) is 0 Å². The van der Waals surface area contributed by atoms with E-state index in [2.05, 4.69) is 10.3 Å². The van der Waals surface area contributed by atoms with Gasteiger partial charge in [0.05, 0.1) is 11.3 Å². The fourth-order valence-electron chi connectivity index (χ4n) is 1.58. The minimum Gasteiger partial charge on any atom is -0.388 e. The summed E-state index contributed by atoms with van der Waals surface area (Å²) in [6.07, 6.45) is 2.77. The predicted octanol–water partition coefficient (Wildman–Crippen LogP) is 0.821. The molecule has 0 fully saturated rings. The van der Waals surface area contributed by atoms with Crippen LogP contribution in [0.1, 0.15) is 42.7 Å². The molecular formula is C13H21N3O2. The van der Waals surface area contributed by atoms with Gasteiger partial charge >= 0.3 is 0 Å². The van der Waals surface area contributed by atoms with Gasteiger partial charge in [-0.2, -0.15) is 0 Å². The molecule has 0 unspecified atom stereocenters. The molecule has 0 aliphatic rings. The van der Waals surface area contributed by atoms with Crippen molar-refractivity contribution in [2.45, 2.75) is 38.8 Å². The van der Waals surface area contributed by atoms with Crippen molar-refractivity contribution in [3.05, 3.63) is 29.6 Å². The van der Waals surface area contributed by atoms with Crippen molar-refractivity contribution in [3.63, 3.8) is 0 Å². The van der Waals surface area contributed by atoms with E-state index in [1.165, 1.54) is 0 Å². The van der Waals surface area contributed by atoms with Crippen LogP contribution in [0.15, 0.2) is 18.3 Å². The number of nitrogens with zero attached hydrogens (tertiary/aromatic N) is 1. The van der Waals surface area contributed by atoms with Crippen molar-refractivity contribution >= 4 is 5.91 Å². The van der Waals surface area contributed by atoms with Gasteiger partial charge in [0.1, 0.15) is 0 Å². The first-order valence-electron chi connectivity index (χ1n) is 6.20. The lowest BCUT2D eigenvalue weighted by Gasteiger charge is -2.25. The Bertz CT molecular complexity index is 403. The van der Waals surface area contributed by atoms with Crippen molar-refractivity contribution in [1.82, 2.24) is 10.3 Å². The lowest BCUT2D eigenvalue weighted by Crippen LogP contribution is -2.42. The van der Waals surface area contributed by atoms with Gasteiger partial charge in [0.25, 0.3) is 5.91 Å². The molecule has 5 heteroatoms. The topological polar surface area (TPSA) is 88.2 Å². The second-order valence-corrected chi connectivity index (χ2v) is 4.35. The zero-order valence-corrected chi connectivity index (χ0v) is 10.9. The number of nitrogens with two attached hydrogens (primary N) is 1. The minimum absolute atomic E-state index is 0.215. The molecule has 1 aromatic rings. The van der Waals surface area contributed by atoms with E-state index in [0.717, 1.165) is 0 Å². The maximum atomic E-state index is 11.9. The van der Waals surface area contributed by atoms with Gasteiger partial charge in [-0.05, 0) is 25.0 Å². The Morgan fingerprint density at radius 2 is 2.17 bits per heavy atom. The maximum Gasteiger partial charge on any atom is 0.251 e. The van der Waals surface area contributed by atoms with Crippen molar-refractivity contribution in [2.24, 2.45) is 5.73 Å². The maximum absolute atomic E-state index is 11.9. The molecule has 100 valence electrons. The predicted molar refractivity (Wildman–Crippen MR) is 70.0 cm³/mol. The number of pyridine rings is 1. The summed E-state index contributed by atoms with van der Waals surface area (Å²) in [4.78, 5) is 15.9. The van der Waals surface area contributed by atoms with E-state index in [9.17, 15) is 9.90 Å². The van der Waals surface area contributed by atoms with Crippen LogP contribution in [0.3, 0.4) is 0 Å². The van der Waals surface area contributed by atoms with Gasteiger partial charge in [-0.25, -0.2) is 0 Å². The molecule has 1 amide bonds. The molecule has 0 spiro atoms. The van der Waals surface area contributed by atoms with E-state index in [1.807, 2.05) is 13.8 Å². The van der Waals surface area contributed by atoms with Gasteiger partial charge in [0.2, 0.25) is 0 Å². The van der Waals surface area contributed by atoms with Crippen LogP contribution in [0.4, 0.5) is 0 Å². The Balaban J connectivity index is 2.65. The van der Waals surface area contributed by atoms with Gasteiger partial charge in [0.15, 0.2) is 0 Å². The van der Waals surface area contributed by atoms with Crippen LogP contribution in [-0.4, -0.2) is 28.1 Å². The average molecular weight is 251 g/mol. The number of carbonyl (C=O) groups is 1. The number of aliphatic hydroxyl groups is 1. The summed E-state index contributed by atoms with van der Waals surface area (Å²) in [5, 5.41) is 12.8. The zero-order valence-electron chi connectivity index (χ0n) is 10.9. The number of rotatable bonds is 6. The Morgan fingerprint density at radius 1 is 1.50 bits per heavy atom. The molecular weight excluding hydrogens is 230 g/mol. The van der Waals surface area contributed by atoms with Gasteiger partial charge < -0.3 is 16.2 Å². The first-order valence-corrected chi connectivity index (χ1v) is 6.20. The fourth-order valence-corrected chi connectivity index (χ4v) is 1.58. The average Bonchev–Trinajstić information content (AvgIpc) is 2.44. The number of carbonyl (C=O) groups excluding carboxylic acids is 1. The normalized spacial score (nSPS) is 11.3. The van der Waals surface area contributed by atoms with Crippen molar-refractivity contribution in [1.29, 1.82) is 0 Å². The SMILES string of the molecule is CCC(O)(CC)CNC(=O)c1ccnc(CN)c1. The van der Waals surface area contributed by atoms with E-state index in [-0.39, 0.29) is 12.5 Å². The van der Waals surface area contributed by atoms with Crippen LogP contribution >= 0.6 is 0 Å². The van der Waals surface area contributed by atoms with E-state index < -0.39 is 5.60 Å². The summed E-state index contributed by atoms with van der Waals surface area (Å²) in [6, 6.07) is 3.29. The third-order valence-electron chi connectivity index (χ3n) is 3.18. The standard InChI is InChI=1S/C13H21N3O2/c1-3-13(18,4-2)9-16-12(17)10-5-6-15-11(7-10)8-14/h5-7,18H,3-4,8-9,14H2,1-2H3,(H,16,17). The number of hydrogen-bond donors (Lipinski definition) is 3. The number of aromatic nitrogens is 1. The van der Waals surface area contributed by atoms with Gasteiger partial charge in [-0.3, -0.25) is 9.78 Å². The second-order valence-electron chi connectivity index (χ2n) is 4.35. The quantitative estimate of drug-likeness (QED) is 0.698. The Morgan fingerprint density at radius 3 is 2.72 bits per heavy atom. The van der Waals surface area contributed by atoms with Crippen LogP contribution in [0.5, 0.6) is 0 Å². The molecule has 4 N–H and O–H groups in total. The van der Waals surface area contributed by atoms with E-state index in [0.29, 0.717) is 30.6 Å². The summed E-state index contributed by atoms with van der Waals surface area (Å²) < 4.78 is 0. The number of nitrogens with one attached hydrogen (secondary N) is 1. The van der Waals surface area contributed by atoms with Gasteiger partial charge in [0, 0.05) is 24.8 Å². The highest BCUT2D eigenvalue weighted by Gasteiger charge is 2.22. The lowest BCUT2D eigenvalue weighted by molar-refractivity contribution is 0.0314. The highest BCUT2D eigenvalue weighted by Crippen LogP contribution is 2.13. The Labute approximate surface area is 107 Å². The molecule has 0 saturated carbocycles. The number of amides is 1. The molecule has 1 aromatic heterocycles. The fraction of sp³-hybridized carbons (Fsp3) is 0.538. The van der Waals surface area contributed by atoms with Crippen molar-refractivity contribution in [2.75, 3.05) is 6.54 Å². The molecule has 1 heterocycles. The number of hydrogen-bond acceptors (Lipinski definition) is 4. The molecule has 0 radical (unpaired) electrons. The third-order valence-corrected chi connectivity index (χ3v) is 3.18. The summed E-state index contributed by atoms with van der Waals surface area (Å²) in [7, 11) is 0. The molecule has 18 heavy (non-hydrogen) atoms. The van der Waals surface area contributed by atoms with Crippen molar-refractivity contribution in [3.8, 4) is 0 Å². The van der Waals surface area contributed by atoms with E-state index >= 15 is 0 Å². The molecule has 0 aromatic carbocycles. The molecule has 0 saturated heterocycles. The van der Waals surface area contributed by atoms with Crippen molar-refractivity contribution < 1.29 is 9.90 Å². The minimum atomic E-state index is -0.834. The molecule has 0 bridgehead atoms. The Kier molecular flexibility index (Phi) is 5.25. The van der Waals surface area contributed by atoms with Crippen LogP contribution in [0.2, 0.25) is 0 Å². The van der Waals surface area contributed by atoms with Crippen LogP contribution in [0, 0.1) is 0 Å². The molecule has 1 rings (SSSR count). The van der Waals surface area contributed by atoms with Crippen LogP contribution < -0.4 is 11.1 Å². The smallest absolute Gasteiger partial charge is 0.251 e. The molecule has 0 aliphatic carbocycles. The molecule has 0 atom stereocenters. The van der Waals surface area contributed by atoms with Gasteiger partial charge in [-0.1, -0.05) is 13.8 Å². The second kappa shape index (κ2) is 6.47. The van der Waals surface area contributed by atoms with Crippen LogP contribution in [0.25, 0.3) is 0 Å². The highest BCUT2D eigenvalue weighted by atomic mass is 16.3. The third kappa shape index (κ3) is 3.78. The first-order chi connectivity index (χ1) is 8.54.